The molecule has 0 saturated carbocycles. The number of halogens is 3. The van der Waals surface area contributed by atoms with Crippen molar-refractivity contribution in [2.45, 2.75) is 0 Å². The van der Waals surface area contributed by atoms with Gasteiger partial charge in [0.1, 0.15) is 11.6 Å². The second-order valence-electron chi connectivity index (χ2n) is 4.22. The molecule has 0 aliphatic rings. The van der Waals surface area contributed by atoms with Gasteiger partial charge in [-0.05, 0) is 30.3 Å². The molecule has 0 atom stereocenters. The first-order valence-electron chi connectivity index (χ1n) is 5.73. The maximum absolute atomic E-state index is 13.3. The summed E-state index contributed by atoms with van der Waals surface area (Å²) < 4.78 is 14.2. The highest BCUT2D eigenvalue weighted by molar-refractivity contribution is 9.10. The van der Waals surface area contributed by atoms with E-state index in [4.69, 9.17) is 17.3 Å². The number of benzene rings is 2. The molecular weight excluding hydrogens is 345 g/mol. The first kappa shape index (κ1) is 13.3. The standard InChI is InChI=1S/C14H8BrClFN3/c15-7-1-4-11(16)10(5-7)14-19-12-6-8(17)2-3-9(12)13(18)20-14/h1-6H,(H2,18,19,20). The number of fused-ring (bicyclic) bond motifs is 1. The molecule has 2 aromatic carbocycles. The molecule has 1 aromatic heterocycles. The van der Waals surface area contributed by atoms with Gasteiger partial charge in [-0.25, -0.2) is 14.4 Å². The molecule has 0 bridgehead atoms. The number of hydrogen-bond donors (Lipinski definition) is 1. The Morgan fingerprint density at radius 1 is 1.10 bits per heavy atom. The molecule has 2 N–H and O–H groups in total. The number of rotatable bonds is 1. The van der Waals surface area contributed by atoms with E-state index in [-0.39, 0.29) is 5.82 Å². The van der Waals surface area contributed by atoms with E-state index in [0.29, 0.717) is 33.1 Å². The number of hydrogen-bond acceptors (Lipinski definition) is 3. The highest BCUT2D eigenvalue weighted by Gasteiger charge is 2.11. The van der Waals surface area contributed by atoms with Crippen LogP contribution in [0.4, 0.5) is 10.2 Å². The van der Waals surface area contributed by atoms with E-state index in [1.54, 1.807) is 18.2 Å². The fourth-order valence-electron chi connectivity index (χ4n) is 1.92. The molecule has 20 heavy (non-hydrogen) atoms. The third kappa shape index (κ3) is 2.34. The second kappa shape index (κ2) is 5.00. The monoisotopic (exact) mass is 351 g/mol. The molecule has 3 rings (SSSR count). The van der Waals surface area contributed by atoms with Gasteiger partial charge in [-0.1, -0.05) is 27.5 Å². The molecule has 3 nitrogen and oxygen atoms in total. The summed E-state index contributed by atoms with van der Waals surface area (Å²) in [5, 5.41) is 1.12. The highest BCUT2D eigenvalue weighted by atomic mass is 79.9. The van der Waals surface area contributed by atoms with Gasteiger partial charge in [-0.3, -0.25) is 0 Å². The zero-order valence-electron chi connectivity index (χ0n) is 10.1. The third-order valence-corrected chi connectivity index (χ3v) is 3.68. The minimum Gasteiger partial charge on any atom is -0.383 e. The van der Waals surface area contributed by atoms with E-state index < -0.39 is 0 Å². The van der Waals surface area contributed by atoms with Crippen LogP contribution in [0.1, 0.15) is 0 Å². The Hall–Kier alpha value is -1.72. The molecule has 0 saturated heterocycles. The van der Waals surface area contributed by atoms with E-state index in [1.165, 1.54) is 12.1 Å². The minimum absolute atomic E-state index is 0.293. The SMILES string of the molecule is Nc1nc(-c2cc(Br)ccc2Cl)nc2cc(F)ccc12. The van der Waals surface area contributed by atoms with Crippen molar-refractivity contribution < 1.29 is 4.39 Å². The summed E-state index contributed by atoms with van der Waals surface area (Å²) in [6.07, 6.45) is 0. The zero-order chi connectivity index (χ0) is 14.3. The lowest BCUT2D eigenvalue weighted by Crippen LogP contribution is -1.98. The highest BCUT2D eigenvalue weighted by Crippen LogP contribution is 2.30. The van der Waals surface area contributed by atoms with Crippen LogP contribution in [-0.4, -0.2) is 9.97 Å². The van der Waals surface area contributed by atoms with Gasteiger partial charge in [-0.2, -0.15) is 0 Å². The van der Waals surface area contributed by atoms with Gasteiger partial charge in [-0.15, -0.1) is 0 Å². The number of nitrogens with zero attached hydrogens (tertiary/aromatic N) is 2. The summed E-state index contributed by atoms with van der Waals surface area (Å²) >= 11 is 9.52. The predicted molar refractivity (Wildman–Crippen MR) is 82.1 cm³/mol. The Balaban J connectivity index is 2.29. The van der Waals surface area contributed by atoms with E-state index in [9.17, 15) is 4.39 Å². The van der Waals surface area contributed by atoms with Gasteiger partial charge in [0.05, 0.1) is 10.5 Å². The van der Waals surface area contributed by atoms with Gasteiger partial charge in [0.25, 0.3) is 0 Å². The number of aromatic nitrogens is 2. The summed E-state index contributed by atoms with van der Waals surface area (Å²) in [4.78, 5) is 8.57. The van der Waals surface area contributed by atoms with Crippen LogP contribution in [0.5, 0.6) is 0 Å². The summed E-state index contributed by atoms with van der Waals surface area (Å²) in [6.45, 7) is 0. The summed E-state index contributed by atoms with van der Waals surface area (Å²) in [6, 6.07) is 9.55. The molecule has 3 aromatic rings. The van der Waals surface area contributed by atoms with Gasteiger partial charge < -0.3 is 5.73 Å². The van der Waals surface area contributed by atoms with Crippen molar-refractivity contribution in [2.24, 2.45) is 0 Å². The smallest absolute Gasteiger partial charge is 0.163 e. The van der Waals surface area contributed by atoms with E-state index in [0.717, 1.165) is 4.47 Å². The van der Waals surface area contributed by atoms with Crippen LogP contribution in [0.2, 0.25) is 5.02 Å². The molecule has 0 radical (unpaired) electrons. The van der Waals surface area contributed by atoms with E-state index in [2.05, 4.69) is 25.9 Å². The largest absolute Gasteiger partial charge is 0.383 e. The predicted octanol–water partition coefficient (Wildman–Crippen LogP) is 4.43. The van der Waals surface area contributed by atoms with Crippen molar-refractivity contribution in [2.75, 3.05) is 5.73 Å². The summed E-state index contributed by atoms with van der Waals surface area (Å²) in [5.74, 6) is 0.287. The fourth-order valence-corrected chi connectivity index (χ4v) is 2.48. The van der Waals surface area contributed by atoms with Crippen molar-refractivity contribution in [1.82, 2.24) is 9.97 Å². The lowest BCUT2D eigenvalue weighted by molar-refractivity contribution is 0.629. The zero-order valence-corrected chi connectivity index (χ0v) is 12.4. The van der Waals surface area contributed by atoms with Crippen LogP contribution >= 0.6 is 27.5 Å². The first-order valence-corrected chi connectivity index (χ1v) is 6.90. The average molecular weight is 353 g/mol. The topological polar surface area (TPSA) is 51.8 Å². The lowest BCUT2D eigenvalue weighted by Gasteiger charge is -2.07. The van der Waals surface area contributed by atoms with Crippen molar-refractivity contribution >= 4 is 44.3 Å². The molecule has 100 valence electrons. The normalized spacial score (nSPS) is 10.9. The summed E-state index contributed by atoms with van der Waals surface area (Å²) in [5.41, 5.74) is 6.99. The van der Waals surface area contributed by atoms with Crippen LogP contribution < -0.4 is 5.73 Å². The Morgan fingerprint density at radius 3 is 2.70 bits per heavy atom. The van der Waals surface area contributed by atoms with Crippen LogP contribution in [0.15, 0.2) is 40.9 Å². The molecule has 1 heterocycles. The molecule has 0 aliphatic carbocycles. The van der Waals surface area contributed by atoms with Crippen LogP contribution in [-0.2, 0) is 0 Å². The first-order chi connectivity index (χ1) is 9.54. The van der Waals surface area contributed by atoms with Crippen LogP contribution in [0.3, 0.4) is 0 Å². The molecule has 0 fully saturated rings. The number of nitrogens with two attached hydrogens (primary N) is 1. The van der Waals surface area contributed by atoms with Gasteiger partial charge in [0.2, 0.25) is 0 Å². The maximum atomic E-state index is 13.3. The summed E-state index contributed by atoms with van der Waals surface area (Å²) in [7, 11) is 0. The minimum atomic E-state index is -0.373. The molecule has 6 heteroatoms. The number of nitrogen functional groups attached to an aromatic ring is 1. The van der Waals surface area contributed by atoms with Crippen molar-refractivity contribution in [3.63, 3.8) is 0 Å². The molecule has 0 unspecified atom stereocenters. The second-order valence-corrected chi connectivity index (χ2v) is 5.54. The average Bonchev–Trinajstić information content (AvgIpc) is 2.41. The van der Waals surface area contributed by atoms with Crippen molar-refractivity contribution in [1.29, 1.82) is 0 Å². The molecule has 0 spiro atoms. The van der Waals surface area contributed by atoms with E-state index in [1.807, 2.05) is 6.07 Å². The van der Waals surface area contributed by atoms with Gasteiger partial charge in [0.15, 0.2) is 5.82 Å². The van der Waals surface area contributed by atoms with Gasteiger partial charge >= 0.3 is 0 Å². The lowest BCUT2D eigenvalue weighted by atomic mass is 10.2. The Kier molecular flexibility index (Phi) is 3.31. The van der Waals surface area contributed by atoms with Crippen molar-refractivity contribution in [3.05, 3.63) is 51.7 Å². The molecule has 0 amide bonds. The quantitative estimate of drug-likeness (QED) is 0.704. The van der Waals surface area contributed by atoms with Crippen LogP contribution in [0.25, 0.3) is 22.3 Å². The van der Waals surface area contributed by atoms with Crippen molar-refractivity contribution in [3.8, 4) is 11.4 Å². The van der Waals surface area contributed by atoms with E-state index >= 15 is 0 Å². The Bertz CT molecular complexity index is 823. The Morgan fingerprint density at radius 2 is 1.90 bits per heavy atom. The van der Waals surface area contributed by atoms with Gasteiger partial charge in [0, 0.05) is 21.5 Å². The fraction of sp³-hybridized carbons (Fsp3) is 0. The number of anilines is 1. The third-order valence-electron chi connectivity index (χ3n) is 2.86. The Labute approximate surface area is 127 Å². The molecular formula is C14H8BrClFN3. The maximum Gasteiger partial charge on any atom is 0.163 e. The molecule has 0 aliphatic heterocycles. The van der Waals surface area contributed by atoms with Crippen LogP contribution in [0, 0.1) is 5.82 Å².